The highest BCUT2D eigenvalue weighted by molar-refractivity contribution is 7.92. The van der Waals surface area contributed by atoms with Crippen molar-refractivity contribution >= 4 is 38.1 Å². The minimum Gasteiger partial charge on any atom is -0.495 e. The fourth-order valence-corrected chi connectivity index (χ4v) is 5.16. The summed E-state index contributed by atoms with van der Waals surface area (Å²) in [5.41, 5.74) is 1.85. The van der Waals surface area contributed by atoms with E-state index in [-0.39, 0.29) is 15.6 Å². The van der Waals surface area contributed by atoms with Gasteiger partial charge >= 0.3 is 0 Å². The molecule has 2 heterocycles. The van der Waals surface area contributed by atoms with E-state index in [1.807, 2.05) is 6.07 Å². The predicted molar refractivity (Wildman–Crippen MR) is 131 cm³/mol. The molecule has 174 valence electrons. The number of ether oxygens (including phenoxy) is 1. The first-order chi connectivity index (χ1) is 16.3. The van der Waals surface area contributed by atoms with E-state index in [0.29, 0.717) is 27.7 Å². The van der Waals surface area contributed by atoms with Crippen LogP contribution in [0, 0.1) is 6.92 Å². The summed E-state index contributed by atoms with van der Waals surface area (Å²) in [4.78, 5) is 17.2. The summed E-state index contributed by atoms with van der Waals surface area (Å²) in [6.07, 6.45) is 1.65. The normalized spacial score (nSPS) is 11.1. The Balaban J connectivity index is 1.61. The summed E-state index contributed by atoms with van der Waals surface area (Å²) in [7, 11) is -1.05. The molecule has 4 aromatic rings. The molecule has 9 nitrogen and oxygen atoms in total. The Hall–Kier alpha value is -3.83. The predicted octanol–water partition coefficient (Wildman–Crippen LogP) is 3.99. The monoisotopic (exact) mass is 495 g/mol. The third-order valence-electron chi connectivity index (χ3n) is 5.07. The van der Waals surface area contributed by atoms with Crippen molar-refractivity contribution in [3.8, 4) is 16.5 Å². The number of hydrogen-bond donors (Lipinski definition) is 1. The molecule has 0 saturated heterocycles. The third kappa shape index (κ3) is 4.61. The van der Waals surface area contributed by atoms with Gasteiger partial charge in [-0.1, -0.05) is 35.6 Å². The van der Waals surface area contributed by atoms with Gasteiger partial charge in [-0.3, -0.25) is 19.4 Å². The third-order valence-corrected chi connectivity index (χ3v) is 7.69. The van der Waals surface area contributed by atoms with Crippen LogP contribution in [0.2, 0.25) is 0 Å². The molecular formula is C23H21N5O4S2. The van der Waals surface area contributed by atoms with Crippen molar-refractivity contribution in [2.45, 2.75) is 11.8 Å². The van der Waals surface area contributed by atoms with Crippen LogP contribution in [0.25, 0.3) is 10.7 Å². The number of para-hydroxylation sites is 2. The first-order valence-electron chi connectivity index (χ1n) is 10.1. The van der Waals surface area contributed by atoms with Crippen molar-refractivity contribution in [1.82, 2.24) is 15.2 Å². The summed E-state index contributed by atoms with van der Waals surface area (Å²) >= 11 is 1.17. The van der Waals surface area contributed by atoms with E-state index in [4.69, 9.17) is 4.74 Å². The zero-order valence-electron chi connectivity index (χ0n) is 18.6. The van der Waals surface area contributed by atoms with Gasteiger partial charge in [-0.2, -0.15) is 0 Å². The number of nitrogens with one attached hydrogen (secondary N) is 1. The largest absolute Gasteiger partial charge is 0.495 e. The Morgan fingerprint density at radius 1 is 1.06 bits per heavy atom. The molecule has 0 aliphatic carbocycles. The lowest BCUT2D eigenvalue weighted by Gasteiger charge is -2.22. The number of aryl methyl sites for hydroxylation is 1. The van der Waals surface area contributed by atoms with E-state index in [9.17, 15) is 13.2 Å². The first kappa shape index (κ1) is 23.3. The number of methoxy groups -OCH3 is 1. The second-order valence-corrected chi connectivity index (χ2v) is 10.1. The molecule has 1 N–H and O–H groups in total. The Labute approximate surface area is 201 Å². The Morgan fingerprint density at radius 3 is 2.56 bits per heavy atom. The van der Waals surface area contributed by atoms with Gasteiger partial charge in [-0.25, -0.2) is 8.42 Å². The van der Waals surface area contributed by atoms with Crippen LogP contribution in [0.15, 0.2) is 71.8 Å². The molecule has 0 atom stereocenters. The van der Waals surface area contributed by atoms with Crippen LogP contribution in [-0.4, -0.2) is 43.7 Å². The van der Waals surface area contributed by atoms with Gasteiger partial charge in [0.1, 0.15) is 11.4 Å². The van der Waals surface area contributed by atoms with Gasteiger partial charge in [-0.15, -0.1) is 10.2 Å². The summed E-state index contributed by atoms with van der Waals surface area (Å²) in [6.45, 7) is 1.73. The molecule has 0 aliphatic rings. The van der Waals surface area contributed by atoms with E-state index in [2.05, 4.69) is 20.5 Å². The van der Waals surface area contributed by atoms with Gasteiger partial charge in [0.25, 0.3) is 15.9 Å². The van der Waals surface area contributed by atoms with Crippen LogP contribution in [0.5, 0.6) is 5.75 Å². The second-order valence-electron chi connectivity index (χ2n) is 7.20. The number of hydrogen-bond acceptors (Lipinski definition) is 8. The molecule has 0 unspecified atom stereocenters. The molecule has 0 saturated carbocycles. The van der Waals surface area contributed by atoms with Crippen LogP contribution < -0.4 is 14.4 Å². The fourth-order valence-electron chi connectivity index (χ4n) is 3.21. The average molecular weight is 496 g/mol. The minimum atomic E-state index is -3.96. The van der Waals surface area contributed by atoms with Crippen molar-refractivity contribution in [1.29, 1.82) is 0 Å². The number of nitrogens with zero attached hydrogens (tertiary/aromatic N) is 4. The Kier molecular flexibility index (Phi) is 6.57. The number of pyridine rings is 1. The van der Waals surface area contributed by atoms with Crippen molar-refractivity contribution in [2.24, 2.45) is 0 Å². The SMILES string of the molecule is COc1ccccc1N(C)S(=O)(=O)c1ccc(C)c(C(=O)Nc2nnc(-c3ccccn3)s2)c1. The molecule has 0 radical (unpaired) electrons. The van der Waals surface area contributed by atoms with E-state index < -0.39 is 15.9 Å². The van der Waals surface area contributed by atoms with Gasteiger partial charge in [0.05, 0.1) is 17.7 Å². The molecule has 2 aromatic heterocycles. The number of amides is 1. The van der Waals surface area contributed by atoms with Gasteiger partial charge < -0.3 is 4.74 Å². The van der Waals surface area contributed by atoms with Crippen molar-refractivity contribution < 1.29 is 17.9 Å². The summed E-state index contributed by atoms with van der Waals surface area (Å²) in [6, 6.07) is 16.6. The first-order valence-corrected chi connectivity index (χ1v) is 12.4. The average Bonchev–Trinajstić information content (AvgIpc) is 3.32. The van der Waals surface area contributed by atoms with Crippen LogP contribution in [-0.2, 0) is 10.0 Å². The van der Waals surface area contributed by atoms with E-state index >= 15 is 0 Å². The molecule has 34 heavy (non-hydrogen) atoms. The summed E-state index contributed by atoms with van der Waals surface area (Å²) in [5.74, 6) is -0.0724. The van der Waals surface area contributed by atoms with Crippen molar-refractivity contribution in [2.75, 3.05) is 23.8 Å². The lowest BCUT2D eigenvalue weighted by atomic mass is 10.1. The summed E-state index contributed by atoms with van der Waals surface area (Å²) in [5, 5.41) is 11.6. The highest BCUT2D eigenvalue weighted by Crippen LogP contribution is 2.31. The number of aromatic nitrogens is 3. The maximum Gasteiger partial charge on any atom is 0.264 e. The number of carbonyl (C=O) groups excluding carboxylic acids is 1. The molecule has 1 amide bonds. The number of carbonyl (C=O) groups is 1. The number of rotatable bonds is 7. The molecule has 0 bridgehead atoms. The van der Waals surface area contributed by atoms with Gasteiger partial charge in [0, 0.05) is 18.8 Å². The molecular weight excluding hydrogens is 474 g/mol. The Bertz CT molecular complexity index is 1440. The molecule has 11 heteroatoms. The highest BCUT2D eigenvalue weighted by Gasteiger charge is 2.25. The lowest BCUT2D eigenvalue weighted by Crippen LogP contribution is -2.27. The van der Waals surface area contributed by atoms with Crippen LogP contribution in [0.1, 0.15) is 15.9 Å². The highest BCUT2D eigenvalue weighted by atomic mass is 32.2. The molecule has 2 aromatic carbocycles. The van der Waals surface area contributed by atoms with Crippen molar-refractivity contribution in [3.05, 3.63) is 78.0 Å². The molecule has 0 spiro atoms. The van der Waals surface area contributed by atoms with E-state index in [0.717, 1.165) is 4.31 Å². The molecule has 4 rings (SSSR count). The minimum absolute atomic E-state index is 0.0249. The van der Waals surface area contributed by atoms with Crippen LogP contribution in [0.3, 0.4) is 0 Å². The number of sulfonamides is 1. The van der Waals surface area contributed by atoms with E-state index in [1.54, 1.807) is 55.6 Å². The lowest BCUT2D eigenvalue weighted by molar-refractivity contribution is 0.102. The summed E-state index contributed by atoms with van der Waals surface area (Å²) < 4.78 is 33.1. The number of benzene rings is 2. The standard InChI is InChI=1S/C23H21N5O4S2/c1-15-11-12-16(34(30,31)28(2)19-9-4-5-10-20(19)32-3)14-17(15)21(29)25-23-27-26-22(33-23)18-8-6-7-13-24-18/h4-14H,1-3H3,(H,25,27,29). The van der Waals surface area contributed by atoms with Crippen LogP contribution >= 0.6 is 11.3 Å². The van der Waals surface area contributed by atoms with Gasteiger partial charge in [-0.05, 0) is 48.9 Å². The van der Waals surface area contributed by atoms with Crippen molar-refractivity contribution in [3.63, 3.8) is 0 Å². The maximum atomic E-state index is 13.3. The molecule has 0 aliphatic heterocycles. The zero-order chi connectivity index (χ0) is 24.3. The smallest absolute Gasteiger partial charge is 0.264 e. The van der Waals surface area contributed by atoms with E-state index in [1.165, 1.54) is 37.6 Å². The van der Waals surface area contributed by atoms with Gasteiger partial charge in [0.2, 0.25) is 5.13 Å². The Morgan fingerprint density at radius 2 is 1.82 bits per heavy atom. The zero-order valence-corrected chi connectivity index (χ0v) is 20.2. The topological polar surface area (TPSA) is 114 Å². The number of anilines is 2. The van der Waals surface area contributed by atoms with Crippen LogP contribution in [0.4, 0.5) is 10.8 Å². The quantitative estimate of drug-likeness (QED) is 0.412. The second kappa shape index (κ2) is 9.57. The molecule has 0 fully saturated rings. The van der Waals surface area contributed by atoms with Gasteiger partial charge in [0.15, 0.2) is 5.01 Å². The maximum absolute atomic E-state index is 13.3. The fraction of sp³-hybridized carbons (Fsp3) is 0.130.